The van der Waals surface area contributed by atoms with Gasteiger partial charge >= 0.3 is 0 Å². The molecular weight excluding hydrogens is 298 g/mol. The second kappa shape index (κ2) is 8.51. The van der Waals surface area contributed by atoms with E-state index >= 15 is 0 Å². The lowest BCUT2D eigenvalue weighted by molar-refractivity contribution is -0.115. The Morgan fingerprint density at radius 3 is 3.00 bits per heavy atom. The minimum Gasteiger partial charge on any atom is -0.491 e. The summed E-state index contributed by atoms with van der Waals surface area (Å²) in [6.45, 7) is 3.24. The van der Waals surface area contributed by atoms with E-state index in [0.717, 1.165) is 23.5 Å². The van der Waals surface area contributed by atoms with Crippen molar-refractivity contribution in [1.29, 1.82) is 0 Å². The standard InChI is InChI=1S/C16H21N3O2S/c1-2-9-21-14-6-4-3-5-13(14)19-15(20)10-12-11-22-16(18-12)7-8-17/h3-6,11H,2,7-10,17H2,1H3,(H,19,20). The van der Waals surface area contributed by atoms with Crippen LogP contribution in [0.5, 0.6) is 5.75 Å². The zero-order chi connectivity index (χ0) is 15.8. The summed E-state index contributed by atoms with van der Waals surface area (Å²) in [5.41, 5.74) is 6.97. The summed E-state index contributed by atoms with van der Waals surface area (Å²) in [5, 5.41) is 5.76. The minimum atomic E-state index is -0.0999. The third-order valence-corrected chi connectivity index (χ3v) is 3.88. The van der Waals surface area contributed by atoms with E-state index in [-0.39, 0.29) is 12.3 Å². The number of hydrogen-bond acceptors (Lipinski definition) is 5. The van der Waals surface area contributed by atoms with Crippen molar-refractivity contribution >= 4 is 22.9 Å². The molecule has 0 radical (unpaired) electrons. The summed E-state index contributed by atoms with van der Waals surface area (Å²) < 4.78 is 5.63. The molecule has 0 aliphatic heterocycles. The number of nitrogens with one attached hydrogen (secondary N) is 1. The van der Waals surface area contributed by atoms with Crippen LogP contribution in [0.25, 0.3) is 0 Å². The SMILES string of the molecule is CCCOc1ccccc1NC(=O)Cc1csc(CCN)n1. The molecule has 0 fully saturated rings. The molecular formula is C16H21N3O2S. The number of carbonyl (C=O) groups excluding carboxylic acids is 1. The van der Waals surface area contributed by atoms with Crippen molar-refractivity contribution < 1.29 is 9.53 Å². The monoisotopic (exact) mass is 319 g/mol. The first-order chi connectivity index (χ1) is 10.7. The van der Waals surface area contributed by atoms with Crippen molar-refractivity contribution in [3.63, 3.8) is 0 Å². The van der Waals surface area contributed by atoms with E-state index in [1.807, 2.05) is 36.6 Å². The van der Waals surface area contributed by atoms with Crippen molar-refractivity contribution in [1.82, 2.24) is 4.98 Å². The highest BCUT2D eigenvalue weighted by molar-refractivity contribution is 7.09. The van der Waals surface area contributed by atoms with E-state index in [1.165, 1.54) is 0 Å². The summed E-state index contributed by atoms with van der Waals surface area (Å²) in [5.74, 6) is 0.594. The van der Waals surface area contributed by atoms with Gasteiger partial charge in [-0.05, 0) is 25.1 Å². The lowest BCUT2D eigenvalue weighted by Crippen LogP contribution is -2.15. The van der Waals surface area contributed by atoms with Crippen LogP contribution in [-0.2, 0) is 17.6 Å². The first-order valence-corrected chi connectivity index (χ1v) is 8.26. The molecule has 0 bridgehead atoms. The van der Waals surface area contributed by atoms with Crippen LogP contribution in [0.4, 0.5) is 5.69 Å². The molecule has 1 amide bonds. The van der Waals surface area contributed by atoms with Crippen LogP contribution in [0.2, 0.25) is 0 Å². The second-order valence-electron chi connectivity index (χ2n) is 4.84. The number of rotatable bonds is 8. The predicted molar refractivity (Wildman–Crippen MR) is 89.4 cm³/mol. The van der Waals surface area contributed by atoms with Crippen LogP contribution in [0.3, 0.4) is 0 Å². The smallest absolute Gasteiger partial charge is 0.230 e. The largest absolute Gasteiger partial charge is 0.491 e. The summed E-state index contributed by atoms with van der Waals surface area (Å²) in [4.78, 5) is 16.5. The van der Waals surface area contributed by atoms with Crippen LogP contribution in [0, 0.1) is 0 Å². The highest BCUT2D eigenvalue weighted by atomic mass is 32.1. The Balaban J connectivity index is 1.96. The van der Waals surface area contributed by atoms with Crippen LogP contribution < -0.4 is 15.8 Å². The first kappa shape index (κ1) is 16.5. The van der Waals surface area contributed by atoms with Crippen LogP contribution in [0.1, 0.15) is 24.0 Å². The fourth-order valence-corrected chi connectivity index (χ4v) is 2.75. The highest BCUT2D eigenvalue weighted by Gasteiger charge is 2.10. The van der Waals surface area contributed by atoms with Gasteiger partial charge in [0.05, 0.1) is 29.4 Å². The summed E-state index contributed by atoms with van der Waals surface area (Å²) in [7, 11) is 0. The zero-order valence-corrected chi connectivity index (χ0v) is 13.5. The number of hydrogen-bond donors (Lipinski definition) is 2. The average Bonchev–Trinajstić information content (AvgIpc) is 2.94. The fourth-order valence-electron chi connectivity index (χ4n) is 1.94. The van der Waals surface area contributed by atoms with Crippen LogP contribution >= 0.6 is 11.3 Å². The Kier molecular flexibility index (Phi) is 6.36. The molecule has 0 aliphatic carbocycles. The zero-order valence-electron chi connectivity index (χ0n) is 12.7. The summed E-state index contributed by atoms with van der Waals surface area (Å²) in [6.07, 6.45) is 1.92. The van der Waals surface area contributed by atoms with E-state index in [2.05, 4.69) is 10.3 Å². The highest BCUT2D eigenvalue weighted by Crippen LogP contribution is 2.24. The van der Waals surface area contributed by atoms with Gasteiger partial charge in [-0.3, -0.25) is 4.79 Å². The molecule has 0 aliphatic rings. The molecule has 2 aromatic rings. The van der Waals surface area contributed by atoms with Gasteiger partial charge in [-0.15, -0.1) is 11.3 Å². The number of para-hydroxylation sites is 2. The number of anilines is 1. The van der Waals surface area contributed by atoms with Gasteiger partial charge in [-0.1, -0.05) is 19.1 Å². The summed E-state index contributed by atoms with van der Waals surface area (Å²) in [6, 6.07) is 7.45. The molecule has 1 heterocycles. The lowest BCUT2D eigenvalue weighted by atomic mass is 10.2. The number of thiazole rings is 1. The van der Waals surface area contributed by atoms with Crippen molar-refractivity contribution in [2.45, 2.75) is 26.2 Å². The Morgan fingerprint density at radius 2 is 2.23 bits per heavy atom. The lowest BCUT2D eigenvalue weighted by Gasteiger charge is -2.11. The molecule has 6 heteroatoms. The molecule has 2 rings (SSSR count). The Morgan fingerprint density at radius 1 is 1.41 bits per heavy atom. The third kappa shape index (κ3) is 4.82. The number of nitrogens with two attached hydrogens (primary N) is 1. The maximum Gasteiger partial charge on any atom is 0.230 e. The number of amides is 1. The van der Waals surface area contributed by atoms with Crippen LogP contribution in [-0.4, -0.2) is 24.0 Å². The van der Waals surface area contributed by atoms with Gasteiger partial charge in [-0.2, -0.15) is 0 Å². The number of benzene rings is 1. The first-order valence-electron chi connectivity index (χ1n) is 7.38. The molecule has 22 heavy (non-hydrogen) atoms. The predicted octanol–water partition coefficient (Wildman–Crippen LogP) is 2.61. The summed E-state index contributed by atoms with van der Waals surface area (Å²) >= 11 is 1.54. The van der Waals surface area contributed by atoms with Crippen molar-refractivity contribution in [3.05, 3.63) is 40.3 Å². The van der Waals surface area contributed by atoms with Gasteiger partial charge in [0.2, 0.25) is 5.91 Å². The van der Waals surface area contributed by atoms with E-state index in [9.17, 15) is 4.79 Å². The Hall–Kier alpha value is -1.92. The van der Waals surface area contributed by atoms with Crippen LogP contribution in [0.15, 0.2) is 29.6 Å². The average molecular weight is 319 g/mol. The third-order valence-electron chi connectivity index (χ3n) is 2.92. The molecule has 0 unspecified atom stereocenters. The molecule has 0 atom stereocenters. The van der Waals surface area contributed by atoms with Gasteiger partial charge < -0.3 is 15.8 Å². The molecule has 0 spiro atoms. The maximum absolute atomic E-state index is 12.1. The maximum atomic E-state index is 12.1. The molecule has 3 N–H and O–H groups in total. The minimum absolute atomic E-state index is 0.0999. The molecule has 1 aromatic carbocycles. The normalized spacial score (nSPS) is 10.5. The van der Waals surface area contributed by atoms with Gasteiger partial charge in [0.15, 0.2) is 0 Å². The number of nitrogens with zero attached hydrogens (tertiary/aromatic N) is 1. The Bertz CT molecular complexity index is 613. The van der Waals surface area contributed by atoms with E-state index in [0.29, 0.717) is 24.6 Å². The molecule has 5 nitrogen and oxygen atoms in total. The van der Waals surface area contributed by atoms with Crippen molar-refractivity contribution in [2.75, 3.05) is 18.5 Å². The van der Waals surface area contributed by atoms with Crippen molar-refractivity contribution in [2.24, 2.45) is 5.73 Å². The second-order valence-corrected chi connectivity index (χ2v) is 5.78. The molecule has 0 saturated heterocycles. The molecule has 118 valence electrons. The van der Waals surface area contributed by atoms with Gasteiger partial charge in [-0.25, -0.2) is 4.98 Å². The molecule has 1 aromatic heterocycles. The topological polar surface area (TPSA) is 77.2 Å². The molecule has 0 saturated carbocycles. The van der Waals surface area contributed by atoms with E-state index in [1.54, 1.807) is 11.3 Å². The van der Waals surface area contributed by atoms with E-state index < -0.39 is 0 Å². The van der Waals surface area contributed by atoms with Gasteiger partial charge in [0.25, 0.3) is 0 Å². The number of carbonyl (C=O) groups is 1. The van der Waals surface area contributed by atoms with Gasteiger partial charge in [0, 0.05) is 11.8 Å². The number of ether oxygens (including phenoxy) is 1. The fraction of sp³-hybridized carbons (Fsp3) is 0.375. The number of aromatic nitrogens is 1. The quantitative estimate of drug-likeness (QED) is 0.784. The van der Waals surface area contributed by atoms with Gasteiger partial charge in [0.1, 0.15) is 5.75 Å². The Labute approximate surface area is 134 Å². The van der Waals surface area contributed by atoms with E-state index in [4.69, 9.17) is 10.5 Å². The van der Waals surface area contributed by atoms with Crippen molar-refractivity contribution in [3.8, 4) is 5.75 Å².